The molecule has 1 heterocycles. The molecule has 2 aromatic carbocycles. The molecule has 0 spiro atoms. The number of rotatable bonds is 5. The van der Waals surface area contributed by atoms with Crippen LogP contribution in [0.5, 0.6) is 5.75 Å². The smallest absolute Gasteiger partial charge is 0.277 e. The lowest BCUT2D eigenvalue weighted by atomic mass is 10.0. The predicted molar refractivity (Wildman–Crippen MR) is 97.0 cm³/mol. The van der Waals surface area contributed by atoms with Crippen molar-refractivity contribution in [2.75, 3.05) is 12.4 Å². The minimum Gasteiger partial charge on any atom is -0.491 e. The molecule has 1 N–H and O–H groups in total. The number of imide groups is 1. The second kappa shape index (κ2) is 6.81. The van der Waals surface area contributed by atoms with E-state index in [4.69, 9.17) is 4.74 Å². The number of hydrogen-bond acceptors (Lipinski definition) is 4. The van der Waals surface area contributed by atoms with Crippen LogP contribution in [0.2, 0.25) is 0 Å². The van der Waals surface area contributed by atoms with Gasteiger partial charge in [-0.2, -0.15) is 0 Å². The molecule has 0 aromatic heterocycles. The fraction of sp³-hybridized carbons (Fsp3) is 0.200. The van der Waals surface area contributed by atoms with Crippen molar-refractivity contribution < 1.29 is 14.3 Å². The van der Waals surface area contributed by atoms with E-state index < -0.39 is 0 Å². The van der Waals surface area contributed by atoms with E-state index in [1.807, 2.05) is 68.4 Å². The van der Waals surface area contributed by atoms with Crippen molar-refractivity contribution >= 4 is 23.1 Å². The Bertz CT molecular complexity index is 824. The number of hydrogen-bond donors (Lipinski definition) is 1. The molecule has 0 fully saturated rings. The molecule has 3 rings (SSSR count). The first-order chi connectivity index (χ1) is 12.0. The number of ether oxygens (including phenoxy) is 1. The molecular formula is C20H20N2O3. The van der Waals surface area contributed by atoms with Crippen molar-refractivity contribution in [1.29, 1.82) is 0 Å². The van der Waals surface area contributed by atoms with E-state index in [1.54, 1.807) is 0 Å². The molecule has 2 aromatic rings. The SMILES string of the molecule is CC(C)Oc1ccc(NC2=C(c3ccccc3)C(=O)N(C)C2=O)cc1. The van der Waals surface area contributed by atoms with Crippen molar-refractivity contribution in [2.24, 2.45) is 0 Å². The molecule has 0 unspecified atom stereocenters. The summed E-state index contributed by atoms with van der Waals surface area (Å²) in [5.74, 6) is 0.105. The Hall–Kier alpha value is -3.08. The third-order valence-corrected chi connectivity index (χ3v) is 3.84. The van der Waals surface area contributed by atoms with Gasteiger partial charge in [0.15, 0.2) is 0 Å². The highest BCUT2D eigenvalue weighted by Crippen LogP contribution is 2.29. The molecule has 25 heavy (non-hydrogen) atoms. The van der Waals surface area contributed by atoms with Gasteiger partial charge in [0.25, 0.3) is 11.8 Å². The van der Waals surface area contributed by atoms with Crippen LogP contribution < -0.4 is 10.1 Å². The number of benzene rings is 2. The molecular weight excluding hydrogens is 316 g/mol. The summed E-state index contributed by atoms with van der Waals surface area (Å²) in [6.07, 6.45) is 0.0916. The Morgan fingerprint density at radius 1 is 0.920 bits per heavy atom. The highest BCUT2D eigenvalue weighted by Gasteiger charge is 2.36. The van der Waals surface area contributed by atoms with Gasteiger partial charge in [-0.15, -0.1) is 0 Å². The lowest BCUT2D eigenvalue weighted by molar-refractivity contribution is -0.135. The van der Waals surface area contributed by atoms with Gasteiger partial charge < -0.3 is 10.1 Å². The number of nitrogens with zero attached hydrogens (tertiary/aromatic N) is 1. The highest BCUT2D eigenvalue weighted by atomic mass is 16.5. The normalized spacial score (nSPS) is 14.5. The number of carbonyl (C=O) groups excluding carboxylic acids is 2. The van der Waals surface area contributed by atoms with Crippen LogP contribution in [0.4, 0.5) is 5.69 Å². The van der Waals surface area contributed by atoms with Gasteiger partial charge in [-0.3, -0.25) is 14.5 Å². The molecule has 128 valence electrons. The lowest BCUT2D eigenvalue weighted by Crippen LogP contribution is -2.27. The first-order valence-electron chi connectivity index (χ1n) is 8.13. The van der Waals surface area contributed by atoms with Gasteiger partial charge in [-0.05, 0) is 43.7 Å². The summed E-state index contributed by atoms with van der Waals surface area (Å²) in [6.45, 7) is 3.92. The van der Waals surface area contributed by atoms with Crippen LogP contribution in [0, 0.1) is 0 Å². The molecule has 0 radical (unpaired) electrons. The maximum Gasteiger partial charge on any atom is 0.277 e. The summed E-state index contributed by atoms with van der Waals surface area (Å²) < 4.78 is 5.62. The highest BCUT2D eigenvalue weighted by molar-refractivity contribution is 6.36. The second-order valence-corrected chi connectivity index (χ2v) is 6.10. The number of anilines is 1. The lowest BCUT2D eigenvalue weighted by Gasteiger charge is -2.12. The summed E-state index contributed by atoms with van der Waals surface area (Å²) in [4.78, 5) is 26.1. The summed E-state index contributed by atoms with van der Waals surface area (Å²) in [5, 5.41) is 3.09. The fourth-order valence-electron chi connectivity index (χ4n) is 2.66. The Morgan fingerprint density at radius 2 is 1.56 bits per heavy atom. The minimum atomic E-state index is -0.341. The van der Waals surface area contributed by atoms with Crippen LogP contribution in [0.3, 0.4) is 0 Å². The zero-order valence-electron chi connectivity index (χ0n) is 14.4. The van der Waals surface area contributed by atoms with Gasteiger partial charge in [0.1, 0.15) is 11.4 Å². The Kier molecular flexibility index (Phi) is 4.57. The average Bonchev–Trinajstić information content (AvgIpc) is 2.81. The standard InChI is InChI=1S/C20H20N2O3/c1-13(2)25-16-11-9-15(10-12-16)21-18-17(14-7-5-4-6-8-14)19(23)22(3)20(18)24/h4-13,21H,1-3H3. The van der Waals surface area contributed by atoms with Crippen molar-refractivity contribution in [1.82, 2.24) is 4.90 Å². The van der Waals surface area contributed by atoms with Crippen LogP contribution in [0.15, 0.2) is 60.3 Å². The van der Waals surface area contributed by atoms with E-state index in [1.165, 1.54) is 7.05 Å². The average molecular weight is 336 g/mol. The summed E-state index contributed by atoms with van der Waals surface area (Å²) in [7, 11) is 1.49. The molecule has 0 saturated heterocycles. The summed E-state index contributed by atoms with van der Waals surface area (Å²) >= 11 is 0. The third-order valence-electron chi connectivity index (χ3n) is 3.84. The monoisotopic (exact) mass is 336 g/mol. The van der Waals surface area contributed by atoms with Gasteiger partial charge in [-0.1, -0.05) is 30.3 Å². The molecule has 0 aliphatic carbocycles. The summed E-state index contributed by atoms with van der Waals surface area (Å²) in [5.41, 5.74) is 2.11. The van der Waals surface area contributed by atoms with Crippen molar-refractivity contribution in [2.45, 2.75) is 20.0 Å². The molecule has 1 aliphatic heterocycles. The van der Waals surface area contributed by atoms with Gasteiger partial charge in [-0.25, -0.2) is 0 Å². The molecule has 0 saturated carbocycles. The Labute approximate surface area is 146 Å². The maximum atomic E-state index is 12.5. The Morgan fingerprint density at radius 3 is 2.16 bits per heavy atom. The largest absolute Gasteiger partial charge is 0.491 e. The van der Waals surface area contributed by atoms with E-state index in [0.717, 1.165) is 16.3 Å². The topological polar surface area (TPSA) is 58.6 Å². The molecule has 5 nitrogen and oxygen atoms in total. The van der Waals surface area contributed by atoms with Crippen LogP contribution >= 0.6 is 0 Å². The molecule has 5 heteroatoms. The number of nitrogens with one attached hydrogen (secondary N) is 1. The van der Waals surface area contributed by atoms with Gasteiger partial charge in [0, 0.05) is 12.7 Å². The predicted octanol–water partition coefficient (Wildman–Crippen LogP) is 3.30. The third kappa shape index (κ3) is 3.40. The Balaban J connectivity index is 1.93. The van der Waals surface area contributed by atoms with Crippen molar-refractivity contribution in [3.05, 3.63) is 65.9 Å². The zero-order valence-corrected chi connectivity index (χ0v) is 14.4. The minimum absolute atomic E-state index is 0.0916. The first-order valence-corrected chi connectivity index (χ1v) is 8.13. The van der Waals surface area contributed by atoms with Crippen molar-refractivity contribution in [3.8, 4) is 5.75 Å². The summed E-state index contributed by atoms with van der Waals surface area (Å²) in [6, 6.07) is 16.5. The van der Waals surface area contributed by atoms with Crippen LogP contribution in [-0.2, 0) is 9.59 Å². The second-order valence-electron chi connectivity index (χ2n) is 6.10. The molecule has 2 amide bonds. The van der Waals surface area contributed by atoms with Crippen LogP contribution in [0.1, 0.15) is 19.4 Å². The molecule has 1 aliphatic rings. The van der Waals surface area contributed by atoms with Gasteiger partial charge >= 0.3 is 0 Å². The molecule has 0 bridgehead atoms. The van der Waals surface area contributed by atoms with E-state index in [2.05, 4.69) is 5.32 Å². The van der Waals surface area contributed by atoms with Crippen LogP contribution in [-0.4, -0.2) is 29.9 Å². The van der Waals surface area contributed by atoms with E-state index in [9.17, 15) is 9.59 Å². The number of carbonyl (C=O) groups is 2. The number of likely N-dealkylation sites (N-methyl/N-ethyl adjacent to an activating group) is 1. The quantitative estimate of drug-likeness (QED) is 0.851. The molecule has 0 atom stereocenters. The van der Waals surface area contributed by atoms with Crippen molar-refractivity contribution in [3.63, 3.8) is 0 Å². The fourth-order valence-corrected chi connectivity index (χ4v) is 2.66. The van der Waals surface area contributed by atoms with E-state index >= 15 is 0 Å². The van der Waals surface area contributed by atoms with Crippen LogP contribution in [0.25, 0.3) is 5.57 Å². The van der Waals surface area contributed by atoms with E-state index in [0.29, 0.717) is 11.1 Å². The van der Waals surface area contributed by atoms with Gasteiger partial charge in [0.05, 0.1) is 11.7 Å². The van der Waals surface area contributed by atoms with Gasteiger partial charge in [0.2, 0.25) is 0 Å². The number of amides is 2. The zero-order chi connectivity index (χ0) is 18.0. The maximum absolute atomic E-state index is 12.5. The first kappa shape index (κ1) is 16.8. The van der Waals surface area contributed by atoms with E-state index in [-0.39, 0.29) is 23.6 Å².